The maximum Gasteiger partial charge on any atom is 0.159 e. The van der Waals surface area contributed by atoms with Crippen molar-refractivity contribution in [2.24, 2.45) is 4.99 Å². The summed E-state index contributed by atoms with van der Waals surface area (Å²) in [6.07, 6.45) is 4.96. The van der Waals surface area contributed by atoms with Crippen molar-refractivity contribution in [3.05, 3.63) is 65.9 Å². The van der Waals surface area contributed by atoms with Crippen LogP contribution in [0.1, 0.15) is 25.0 Å². The van der Waals surface area contributed by atoms with Crippen LogP contribution in [0.15, 0.2) is 59.7 Å². The zero-order chi connectivity index (χ0) is 14.4. The minimum atomic E-state index is 0.00330. The Bertz CT molecular complexity index is 658. The van der Waals surface area contributed by atoms with Crippen LogP contribution in [0.4, 0.5) is 5.82 Å². The van der Waals surface area contributed by atoms with Crippen LogP contribution < -0.4 is 0 Å². The van der Waals surface area contributed by atoms with Gasteiger partial charge in [-0.25, -0.2) is 9.98 Å². The van der Waals surface area contributed by atoms with Gasteiger partial charge in [0.15, 0.2) is 11.6 Å². The van der Waals surface area contributed by atoms with Crippen LogP contribution in [-0.4, -0.2) is 16.5 Å². The Morgan fingerprint density at radius 1 is 1.10 bits per heavy atom. The van der Waals surface area contributed by atoms with Crippen molar-refractivity contribution in [1.82, 2.24) is 4.98 Å². The lowest BCUT2D eigenvalue weighted by atomic mass is 10.1. The molecule has 2 rings (SSSR count). The Morgan fingerprint density at radius 2 is 1.85 bits per heavy atom. The smallest absolute Gasteiger partial charge is 0.159 e. The molecule has 0 radical (unpaired) electrons. The molecular weight excluding hydrogens is 248 g/mol. The van der Waals surface area contributed by atoms with Gasteiger partial charge in [0.1, 0.15) is 0 Å². The van der Waals surface area contributed by atoms with Crippen LogP contribution in [0.5, 0.6) is 0 Å². The molecule has 2 aromatic rings. The van der Waals surface area contributed by atoms with Gasteiger partial charge in [-0.05, 0) is 43.7 Å². The molecule has 0 aliphatic rings. The Morgan fingerprint density at radius 3 is 2.55 bits per heavy atom. The van der Waals surface area contributed by atoms with Crippen LogP contribution in [0.2, 0.25) is 0 Å². The first-order valence-electron chi connectivity index (χ1n) is 6.41. The third-order valence-electron chi connectivity index (χ3n) is 2.78. The fraction of sp³-hybridized carbons (Fsp3) is 0.118. The second-order valence-electron chi connectivity index (χ2n) is 4.42. The lowest BCUT2D eigenvalue weighted by molar-refractivity contribution is -0.112. The number of carbonyl (C=O) groups excluding carboxylic acids is 1. The first kappa shape index (κ1) is 13.9. The molecule has 1 heterocycles. The van der Waals surface area contributed by atoms with E-state index < -0.39 is 0 Å². The van der Waals surface area contributed by atoms with Crippen molar-refractivity contribution < 1.29 is 4.79 Å². The van der Waals surface area contributed by atoms with Crippen LogP contribution in [0, 0.1) is 0 Å². The van der Waals surface area contributed by atoms with Gasteiger partial charge in [0, 0.05) is 17.5 Å². The monoisotopic (exact) mass is 264 g/mol. The van der Waals surface area contributed by atoms with Gasteiger partial charge >= 0.3 is 0 Å². The van der Waals surface area contributed by atoms with Gasteiger partial charge in [-0.1, -0.05) is 30.3 Å². The number of nitrogens with zero attached hydrogens (tertiary/aromatic N) is 2. The normalized spacial score (nSPS) is 11.8. The van der Waals surface area contributed by atoms with Gasteiger partial charge in [-0.2, -0.15) is 0 Å². The minimum Gasteiger partial charge on any atom is -0.295 e. The van der Waals surface area contributed by atoms with E-state index in [1.54, 1.807) is 12.3 Å². The standard InChI is InChI=1S/C17H16N2O/c1-13(20)10-11-16-9-6-12-18-17(16)19-14(2)15-7-4-3-5-8-15/h3-12H,1-2H3/b11-10+,19-14?. The molecule has 100 valence electrons. The second-order valence-corrected chi connectivity index (χ2v) is 4.42. The summed E-state index contributed by atoms with van der Waals surface area (Å²) in [4.78, 5) is 19.9. The molecule has 0 fully saturated rings. The molecule has 3 heteroatoms. The van der Waals surface area contributed by atoms with E-state index >= 15 is 0 Å². The molecule has 20 heavy (non-hydrogen) atoms. The van der Waals surface area contributed by atoms with Crippen molar-refractivity contribution in [2.75, 3.05) is 0 Å². The number of carbonyl (C=O) groups is 1. The summed E-state index contributed by atoms with van der Waals surface area (Å²) in [5, 5.41) is 0. The highest BCUT2D eigenvalue weighted by Crippen LogP contribution is 2.18. The summed E-state index contributed by atoms with van der Waals surface area (Å²) in [6.45, 7) is 3.47. The predicted octanol–water partition coefficient (Wildman–Crippen LogP) is 3.82. The average molecular weight is 264 g/mol. The van der Waals surface area contributed by atoms with E-state index in [1.807, 2.05) is 49.4 Å². The third-order valence-corrected chi connectivity index (χ3v) is 2.78. The summed E-state index contributed by atoms with van der Waals surface area (Å²) in [6, 6.07) is 13.7. The molecule has 0 unspecified atom stereocenters. The Hall–Kier alpha value is -2.55. The number of ketones is 1. The maximum absolute atomic E-state index is 11.0. The second kappa shape index (κ2) is 6.57. The van der Waals surface area contributed by atoms with Crippen molar-refractivity contribution in [2.45, 2.75) is 13.8 Å². The van der Waals surface area contributed by atoms with Crippen LogP contribution in [0.25, 0.3) is 6.08 Å². The van der Waals surface area contributed by atoms with E-state index in [2.05, 4.69) is 9.98 Å². The summed E-state index contributed by atoms with van der Waals surface area (Å²) in [5.41, 5.74) is 2.78. The number of rotatable bonds is 4. The zero-order valence-electron chi connectivity index (χ0n) is 11.6. The molecule has 0 bridgehead atoms. The number of aromatic nitrogens is 1. The van der Waals surface area contributed by atoms with Crippen LogP contribution >= 0.6 is 0 Å². The highest BCUT2D eigenvalue weighted by molar-refractivity contribution is 6.00. The van der Waals surface area contributed by atoms with E-state index in [1.165, 1.54) is 13.0 Å². The van der Waals surface area contributed by atoms with Crippen molar-refractivity contribution in [3.8, 4) is 0 Å². The summed E-state index contributed by atoms with van der Waals surface area (Å²) >= 11 is 0. The highest BCUT2D eigenvalue weighted by atomic mass is 16.1. The van der Waals surface area contributed by atoms with E-state index in [0.717, 1.165) is 16.8 Å². The Kier molecular flexibility index (Phi) is 4.56. The van der Waals surface area contributed by atoms with E-state index in [0.29, 0.717) is 5.82 Å². The van der Waals surface area contributed by atoms with E-state index in [9.17, 15) is 4.79 Å². The van der Waals surface area contributed by atoms with Gasteiger partial charge in [0.2, 0.25) is 0 Å². The molecule has 0 saturated heterocycles. The van der Waals surface area contributed by atoms with Crippen LogP contribution in [0.3, 0.4) is 0 Å². The summed E-state index contributed by atoms with van der Waals surface area (Å²) in [5.74, 6) is 0.620. The molecule has 0 spiro atoms. The fourth-order valence-corrected chi connectivity index (χ4v) is 1.74. The van der Waals surface area contributed by atoms with Crippen LogP contribution in [-0.2, 0) is 4.79 Å². The summed E-state index contributed by atoms with van der Waals surface area (Å²) < 4.78 is 0. The van der Waals surface area contributed by atoms with Crippen molar-refractivity contribution >= 4 is 23.4 Å². The molecule has 0 aliphatic carbocycles. The Labute approximate surface area is 118 Å². The van der Waals surface area contributed by atoms with E-state index in [4.69, 9.17) is 0 Å². The van der Waals surface area contributed by atoms with Crippen molar-refractivity contribution in [3.63, 3.8) is 0 Å². The highest BCUT2D eigenvalue weighted by Gasteiger charge is 2.01. The zero-order valence-corrected chi connectivity index (χ0v) is 11.6. The minimum absolute atomic E-state index is 0.00330. The topological polar surface area (TPSA) is 42.3 Å². The fourth-order valence-electron chi connectivity index (χ4n) is 1.74. The number of allylic oxidation sites excluding steroid dienone is 1. The largest absolute Gasteiger partial charge is 0.295 e. The first-order valence-corrected chi connectivity index (χ1v) is 6.41. The average Bonchev–Trinajstić information content (AvgIpc) is 2.47. The molecule has 1 aromatic carbocycles. The SMILES string of the molecule is CC(=O)/C=C/c1cccnc1N=C(C)c1ccccc1. The predicted molar refractivity (Wildman–Crippen MR) is 82.3 cm³/mol. The van der Waals surface area contributed by atoms with E-state index in [-0.39, 0.29) is 5.78 Å². The number of hydrogen-bond acceptors (Lipinski definition) is 3. The molecule has 0 atom stereocenters. The Balaban J connectivity index is 2.36. The number of hydrogen-bond donors (Lipinski definition) is 0. The van der Waals surface area contributed by atoms with Gasteiger partial charge < -0.3 is 0 Å². The lowest BCUT2D eigenvalue weighted by Gasteiger charge is -2.03. The molecule has 3 nitrogen and oxygen atoms in total. The molecule has 0 saturated carbocycles. The van der Waals surface area contributed by atoms with Gasteiger partial charge in [0.25, 0.3) is 0 Å². The maximum atomic E-state index is 11.0. The van der Waals surface area contributed by atoms with Gasteiger partial charge in [-0.3, -0.25) is 4.79 Å². The molecule has 0 aliphatic heterocycles. The summed E-state index contributed by atoms with van der Waals surface area (Å²) in [7, 11) is 0. The number of aliphatic imine (C=N–C) groups is 1. The molecular formula is C17H16N2O. The quantitative estimate of drug-likeness (QED) is 0.622. The third kappa shape index (κ3) is 3.72. The molecule has 0 amide bonds. The molecule has 0 N–H and O–H groups in total. The number of pyridine rings is 1. The van der Waals surface area contributed by atoms with Gasteiger partial charge in [-0.15, -0.1) is 0 Å². The van der Waals surface area contributed by atoms with Gasteiger partial charge in [0.05, 0.1) is 0 Å². The first-order chi connectivity index (χ1) is 9.66. The molecule has 1 aromatic heterocycles. The number of benzene rings is 1. The lowest BCUT2D eigenvalue weighted by Crippen LogP contribution is -1.94. The van der Waals surface area contributed by atoms with Crippen molar-refractivity contribution in [1.29, 1.82) is 0 Å².